The van der Waals surface area contributed by atoms with E-state index in [2.05, 4.69) is 0 Å². The first kappa shape index (κ1) is 10.4. The molecule has 1 aromatic carbocycles. The van der Waals surface area contributed by atoms with Crippen LogP contribution in [0.1, 0.15) is 31.2 Å². The average molecular weight is 204 g/mol. The number of carbonyl (C=O) groups excluding carboxylic acids is 1. The molecule has 2 heteroatoms. The quantitative estimate of drug-likeness (QED) is 0.756. The van der Waals surface area contributed by atoms with E-state index in [4.69, 9.17) is 4.74 Å². The predicted molar refractivity (Wildman–Crippen MR) is 58.5 cm³/mol. The third-order valence-corrected chi connectivity index (χ3v) is 2.77. The van der Waals surface area contributed by atoms with Crippen LogP contribution in [-0.4, -0.2) is 11.9 Å². The van der Waals surface area contributed by atoms with Gasteiger partial charge in [0.05, 0.1) is 12.7 Å². The monoisotopic (exact) mass is 204 g/mol. The van der Waals surface area contributed by atoms with Crippen molar-refractivity contribution in [3.8, 4) is 0 Å². The highest BCUT2D eigenvalue weighted by atomic mass is 16.5. The highest BCUT2D eigenvalue weighted by molar-refractivity contribution is 5.79. The number of Topliss-reactive ketones (excluding diaryl/α,β-unsaturated/α-hetero) is 1. The first-order valence-electron chi connectivity index (χ1n) is 5.52. The number of carbonyl (C=O) groups is 1. The summed E-state index contributed by atoms with van der Waals surface area (Å²) >= 11 is 0. The molecule has 2 rings (SSSR count). The van der Waals surface area contributed by atoms with Crippen LogP contribution >= 0.6 is 0 Å². The highest BCUT2D eigenvalue weighted by Gasteiger charge is 2.19. The van der Waals surface area contributed by atoms with E-state index in [1.165, 1.54) is 5.56 Å². The Morgan fingerprint density at radius 1 is 1.27 bits per heavy atom. The molecule has 80 valence electrons. The predicted octanol–water partition coefficient (Wildman–Crippen LogP) is 2.71. The van der Waals surface area contributed by atoms with Gasteiger partial charge < -0.3 is 4.74 Å². The maximum absolute atomic E-state index is 11.2. The lowest BCUT2D eigenvalue weighted by molar-refractivity contribution is -0.124. The van der Waals surface area contributed by atoms with Gasteiger partial charge in [-0.2, -0.15) is 0 Å². The first-order valence-corrected chi connectivity index (χ1v) is 5.52. The Hall–Kier alpha value is -1.15. The summed E-state index contributed by atoms with van der Waals surface area (Å²) in [5.74, 6) is 0.347. The Balaban J connectivity index is 1.80. The van der Waals surface area contributed by atoms with Crippen molar-refractivity contribution in [1.82, 2.24) is 0 Å². The molecule has 0 N–H and O–H groups in total. The molecule has 1 fully saturated rings. The zero-order valence-electron chi connectivity index (χ0n) is 8.82. The van der Waals surface area contributed by atoms with Gasteiger partial charge >= 0.3 is 0 Å². The minimum absolute atomic E-state index is 0.145. The molecule has 0 saturated heterocycles. The molecule has 0 aromatic heterocycles. The van der Waals surface area contributed by atoms with Gasteiger partial charge in [0.25, 0.3) is 0 Å². The molecule has 0 spiro atoms. The van der Waals surface area contributed by atoms with Gasteiger partial charge in [0.15, 0.2) is 0 Å². The lowest BCUT2D eigenvalue weighted by Crippen LogP contribution is -2.22. The Morgan fingerprint density at radius 2 is 2.07 bits per heavy atom. The molecule has 1 atom stereocenters. The molecule has 1 aromatic rings. The standard InChI is InChI=1S/C13H16O2/c14-12-7-4-8-13(9-12)15-10-11-5-2-1-3-6-11/h1-3,5-6,13H,4,7-10H2/t13-/m1/s1. The molecule has 0 unspecified atom stereocenters. The smallest absolute Gasteiger partial charge is 0.135 e. The zero-order valence-corrected chi connectivity index (χ0v) is 8.82. The van der Waals surface area contributed by atoms with Crippen molar-refractivity contribution in [2.24, 2.45) is 0 Å². The lowest BCUT2D eigenvalue weighted by Gasteiger charge is -2.21. The van der Waals surface area contributed by atoms with Crippen LogP contribution in [0.25, 0.3) is 0 Å². The molecule has 1 saturated carbocycles. The molecule has 1 aliphatic carbocycles. The van der Waals surface area contributed by atoms with Gasteiger partial charge in [-0.1, -0.05) is 30.3 Å². The van der Waals surface area contributed by atoms with Gasteiger partial charge in [-0.3, -0.25) is 4.79 Å². The molecular formula is C13H16O2. The molecule has 15 heavy (non-hydrogen) atoms. The zero-order chi connectivity index (χ0) is 10.5. The number of ketones is 1. The number of ether oxygens (including phenoxy) is 1. The summed E-state index contributed by atoms with van der Waals surface area (Å²) in [5, 5.41) is 0. The van der Waals surface area contributed by atoms with Crippen molar-refractivity contribution >= 4 is 5.78 Å². The van der Waals surface area contributed by atoms with Crippen molar-refractivity contribution in [1.29, 1.82) is 0 Å². The second-order valence-corrected chi connectivity index (χ2v) is 4.05. The fourth-order valence-corrected chi connectivity index (χ4v) is 1.92. The molecule has 0 radical (unpaired) electrons. The van der Waals surface area contributed by atoms with Crippen LogP contribution in [0.2, 0.25) is 0 Å². The van der Waals surface area contributed by atoms with E-state index in [0.29, 0.717) is 18.8 Å². The largest absolute Gasteiger partial charge is 0.373 e. The van der Waals surface area contributed by atoms with Gasteiger partial charge in [0.1, 0.15) is 5.78 Å². The van der Waals surface area contributed by atoms with Crippen molar-refractivity contribution in [2.45, 2.75) is 38.4 Å². The van der Waals surface area contributed by atoms with Crippen LogP contribution in [0.4, 0.5) is 0 Å². The summed E-state index contributed by atoms with van der Waals surface area (Å²) < 4.78 is 5.72. The maximum Gasteiger partial charge on any atom is 0.135 e. The highest BCUT2D eigenvalue weighted by Crippen LogP contribution is 2.18. The summed E-state index contributed by atoms with van der Waals surface area (Å²) in [6.07, 6.45) is 3.50. The maximum atomic E-state index is 11.2. The molecule has 0 aliphatic heterocycles. The van der Waals surface area contributed by atoms with Crippen LogP contribution in [-0.2, 0) is 16.1 Å². The van der Waals surface area contributed by atoms with E-state index in [1.54, 1.807) is 0 Å². The second-order valence-electron chi connectivity index (χ2n) is 4.05. The van der Waals surface area contributed by atoms with Crippen molar-refractivity contribution < 1.29 is 9.53 Å². The average Bonchev–Trinajstić information content (AvgIpc) is 2.28. The first-order chi connectivity index (χ1) is 7.34. The lowest BCUT2D eigenvalue weighted by atomic mass is 9.96. The molecule has 0 amide bonds. The number of rotatable bonds is 3. The van der Waals surface area contributed by atoms with Crippen molar-refractivity contribution in [3.63, 3.8) is 0 Å². The van der Waals surface area contributed by atoms with Crippen LogP contribution in [0.5, 0.6) is 0 Å². The van der Waals surface area contributed by atoms with Crippen LogP contribution in [0.15, 0.2) is 30.3 Å². The van der Waals surface area contributed by atoms with E-state index in [1.807, 2.05) is 30.3 Å². The van der Waals surface area contributed by atoms with Gasteiger partial charge in [-0.05, 0) is 18.4 Å². The van der Waals surface area contributed by atoms with Gasteiger partial charge in [0.2, 0.25) is 0 Å². The van der Waals surface area contributed by atoms with Crippen LogP contribution in [0, 0.1) is 0 Å². The number of hydrogen-bond acceptors (Lipinski definition) is 2. The van der Waals surface area contributed by atoms with Gasteiger partial charge in [0, 0.05) is 12.8 Å². The minimum atomic E-state index is 0.145. The van der Waals surface area contributed by atoms with Gasteiger partial charge in [-0.15, -0.1) is 0 Å². The normalized spacial score (nSPS) is 21.6. The molecule has 1 aliphatic rings. The van der Waals surface area contributed by atoms with E-state index < -0.39 is 0 Å². The Labute approximate surface area is 90.3 Å². The van der Waals surface area contributed by atoms with E-state index in [9.17, 15) is 4.79 Å². The molecular weight excluding hydrogens is 188 g/mol. The topological polar surface area (TPSA) is 26.3 Å². The fraction of sp³-hybridized carbons (Fsp3) is 0.462. The Morgan fingerprint density at radius 3 is 2.80 bits per heavy atom. The minimum Gasteiger partial charge on any atom is -0.373 e. The van der Waals surface area contributed by atoms with Gasteiger partial charge in [-0.25, -0.2) is 0 Å². The molecule has 0 heterocycles. The summed E-state index contributed by atoms with van der Waals surface area (Å²) in [7, 11) is 0. The summed E-state index contributed by atoms with van der Waals surface area (Å²) in [4.78, 5) is 11.2. The van der Waals surface area contributed by atoms with Crippen molar-refractivity contribution in [2.75, 3.05) is 0 Å². The Bertz CT molecular complexity index is 319. The second kappa shape index (κ2) is 5.08. The van der Waals surface area contributed by atoms with E-state index in [0.717, 1.165) is 19.3 Å². The summed E-state index contributed by atoms with van der Waals surface area (Å²) in [6, 6.07) is 10.1. The van der Waals surface area contributed by atoms with E-state index >= 15 is 0 Å². The fourth-order valence-electron chi connectivity index (χ4n) is 1.92. The number of benzene rings is 1. The molecule has 0 bridgehead atoms. The third-order valence-electron chi connectivity index (χ3n) is 2.77. The summed E-state index contributed by atoms with van der Waals surface area (Å²) in [6.45, 7) is 0.624. The third kappa shape index (κ3) is 3.17. The van der Waals surface area contributed by atoms with E-state index in [-0.39, 0.29) is 6.10 Å². The Kier molecular flexibility index (Phi) is 3.51. The van der Waals surface area contributed by atoms with Crippen LogP contribution < -0.4 is 0 Å². The molecule has 2 nitrogen and oxygen atoms in total. The SMILES string of the molecule is O=C1CCC[C@@H](OCc2ccccc2)C1. The summed E-state index contributed by atoms with van der Waals surface area (Å²) in [5.41, 5.74) is 1.18. The number of hydrogen-bond donors (Lipinski definition) is 0. The van der Waals surface area contributed by atoms with Crippen LogP contribution in [0.3, 0.4) is 0 Å². The van der Waals surface area contributed by atoms with Crippen molar-refractivity contribution in [3.05, 3.63) is 35.9 Å².